The van der Waals surface area contributed by atoms with Crippen molar-refractivity contribution in [1.29, 1.82) is 0 Å². The van der Waals surface area contributed by atoms with Gasteiger partial charge in [0.2, 0.25) is 0 Å². The summed E-state index contributed by atoms with van der Waals surface area (Å²) in [4.78, 5) is 11.2. The fourth-order valence-corrected chi connectivity index (χ4v) is 2.08. The fourth-order valence-electron chi connectivity index (χ4n) is 2.08. The van der Waals surface area contributed by atoms with Crippen LogP contribution in [0, 0.1) is 0 Å². The summed E-state index contributed by atoms with van der Waals surface area (Å²) in [7, 11) is 0. The highest BCUT2D eigenvalue weighted by molar-refractivity contribution is 5.66. The predicted octanol–water partition coefficient (Wildman–Crippen LogP) is 2.29. The van der Waals surface area contributed by atoms with Gasteiger partial charge < -0.3 is 18.9 Å². The lowest BCUT2D eigenvalue weighted by atomic mass is 10.2. The fraction of sp³-hybridized carbons (Fsp3) is 0.562. The first-order chi connectivity index (χ1) is 9.96. The highest BCUT2D eigenvalue weighted by Gasteiger charge is 2.34. The summed E-state index contributed by atoms with van der Waals surface area (Å²) in [6.07, 6.45) is -0.816. The van der Waals surface area contributed by atoms with Gasteiger partial charge in [0.25, 0.3) is 0 Å². The van der Waals surface area contributed by atoms with Gasteiger partial charge >= 0.3 is 5.97 Å². The molecule has 0 N–H and O–H groups in total. The maximum absolute atomic E-state index is 11.2. The third-order valence-corrected chi connectivity index (χ3v) is 3.23. The van der Waals surface area contributed by atoms with Crippen molar-refractivity contribution in [3.05, 3.63) is 35.9 Å². The van der Waals surface area contributed by atoms with Crippen LogP contribution < -0.4 is 0 Å². The van der Waals surface area contributed by atoms with E-state index >= 15 is 0 Å². The molecule has 0 radical (unpaired) electrons. The van der Waals surface area contributed by atoms with Gasteiger partial charge in [-0.1, -0.05) is 30.3 Å². The number of carbonyl (C=O) groups is 1. The number of hydrogen-bond donors (Lipinski definition) is 0. The topological polar surface area (TPSA) is 54.0 Å². The zero-order chi connectivity index (χ0) is 15.3. The van der Waals surface area contributed by atoms with E-state index in [0.29, 0.717) is 13.2 Å². The van der Waals surface area contributed by atoms with E-state index < -0.39 is 11.9 Å². The first-order valence-corrected chi connectivity index (χ1v) is 7.07. The Kier molecular flexibility index (Phi) is 5.33. The zero-order valence-electron chi connectivity index (χ0n) is 12.7. The Morgan fingerprint density at radius 2 is 1.81 bits per heavy atom. The SMILES string of the molecule is CC(=O)O[C@@H]1COC(C)(C)OC[C@H]1OCc1ccccc1. The lowest BCUT2D eigenvalue weighted by Crippen LogP contribution is -2.37. The highest BCUT2D eigenvalue weighted by atomic mass is 16.7. The molecule has 2 rings (SSSR count). The summed E-state index contributed by atoms with van der Waals surface area (Å²) in [5.74, 6) is -1.06. The van der Waals surface area contributed by atoms with Crippen molar-refractivity contribution in [3.63, 3.8) is 0 Å². The second-order valence-electron chi connectivity index (χ2n) is 5.50. The van der Waals surface area contributed by atoms with E-state index in [1.54, 1.807) is 0 Å². The van der Waals surface area contributed by atoms with Crippen molar-refractivity contribution >= 4 is 5.97 Å². The largest absolute Gasteiger partial charge is 0.457 e. The Morgan fingerprint density at radius 3 is 2.43 bits per heavy atom. The van der Waals surface area contributed by atoms with E-state index in [-0.39, 0.29) is 18.7 Å². The molecule has 0 spiro atoms. The molecule has 0 aliphatic carbocycles. The number of esters is 1. The van der Waals surface area contributed by atoms with Crippen molar-refractivity contribution in [2.75, 3.05) is 13.2 Å². The normalized spacial score (nSPS) is 25.1. The number of ether oxygens (including phenoxy) is 4. The first kappa shape index (κ1) is 15.9. The summed E-state index contributed by atoms with van der Waals surface area (Å²) in [6, 6.07) is 9.84. The minimum atomic E-state index is -0.705. The van der Waals surface area contributed by atoms with Gasteiger partial charge in [0, 0.05) is 6.92 Å². The van der Waals surface area contributed by atoms with Gasteiger partial charge in [0.1, 0.15) is 6.10 Å². The predicted molar refractivity (Wildman–Crippen MR) is 76.6 cm³/mol. The third-order valence-electron chi connectivity index (χ3n) is 3.23. The molecule has 5 heteroatoms. The molecule has 0 amide bonds. The number of rotatable bonds is 4. The molecule has 1 saturated heterocycles. The second kappa shape index (κ2) is 7.02. The standard InChI is InChI=1S/C16H22O5/c1-12(17)21-15-11-20-16(2,3)19-10-14(15)18-9-13-7-5-4-6-8-13/h4-8,14-15H,9-11H2,1-3H3/t14-,15-/m1/s1. The summed E-state index contributed by atoms with van der Waals surface area (Å²) >= 11 is 0. The molecule has 21 heavy (non-hydrogen) atoms. The lowest BCUT2D eigenvalue weighted by molar-refractivity contribution is -0.207. The Labute approximate surface area is 125 Å². The van der Waals surface area contributed by atoms with Crippen LogP contribution in [0.15, 0.2) is 30.3 Å². The van der Waals surface area contributed by atoms with Crippen molar-refractivity contribution in [2.45, 2.75) is 45.4 Å². The average Bonchev–Trinajstić information content (AvgIpc) is 2.57. The Balaban J connectivity index is 1.99. The molecule has 116 valence electrons. The average molecular weight is 294 g/mol. The minimum absolute atomic E-state index is 0.256. The van der Waals surface area contributed by atoms with Crippen LogP contribution in [-0.4, -0.2) is 37.2 Å². The third kappa shape index (κ3) is 5.12. The van der Waals surface area contributed by atoms with Crippen molar-refractivity contribution in [3.8, 4) is 0 Å². The molecule has 1 aliphatic heterocycles. The smallest absolute Gasteiger partial charge is 0.303 e. The van der Waals surface area contributed by atoms with Gasteiger partial charge in [-0.2, -0.15) is 0 Å². The molecule has 1 fully saturated rings. The van der Waals surface area contributed by atoms with Gasteiger partial charge in [-0.05, 0) is 19.4 Å². The van der Waals surface area contributed by atoms with Crippen LogP contribution >= 0.6 is 0 Å². The van der Waals surface area contributed by atoms with Crippen molar-refractivity contribution in [2.24, 2.45) is 0 Å². The minimum Gasteiger partial charge on any atom is -0.457 e. The van der Waals surface area contributed by atoms with Crippen LogP contribution in [0.25, 0.3) is 0 Å². The van der Waals surface area contributed by atoms with E-state index in [4.69, 9.17) is 18.9 Å². The number of carbonyl (C=O) groups excluding carboxylic acids is 1. The highest BCUT2D eigenvalue weighted by Crippen LogP contribution is 2.21. The summed E-state index contributed by atoms with van der Waals surface area (Å²) < 4.78 is 22.4. The molecular formula is C16H22O5. The van der Waals surface area contributed by atoms with E-state index in [1.807, 2.05) is 44.2 Å². The first-order valence-electron chi connectivity index (χ1n) is 7.07. The van der Waals surface area contributed by atoms with Crippen molar-refractivity contribution in [1.82, 2.24) is 0 Å². The zero-order valence-corrected chi connectivity index (χ0v) is 12.7. The van der Waals surface area contributed by atoms with Crippen LogP contribution in [0.1, 0.15) is 26.3 Å². The summed E-state index contributed by atoms with van der Waals surface area (Å²) in [5, 5.41) is 0. The number of benzene rings is 1. The number of hydrogen-bond acceptors (Lipinski definition) is 5. The quantitative estimate of drug-likeness (QED) is 0.797. The molecule has 1 heterocycles. The van der Waals surface area contributed by atoms with Gasteiger partial charge in [0.15, 0.2) is 11.9 Å². The molecule has 1 aliphatic rings. The van der Waals surface area contributed by atoms with E-state index in [9.17, 15) is 4.79 Å². The molecular weight excluding hydrogens is 272 g/mol. The van der Waals surface area contributed by atoms with Gasteiger partial charge in [-0.25, -0.2) is 0 Å². The van der Waals surface area contributed by atoms with Crippen LogP contribution in [0.2, 0.25) is 0 Å². The maximum Gasteiger partial charge on any atom is 0.303 e. The van der Waals surface area contributed by atoms with Crippen LogP contribution in [0.4, 0.5) is 0 Å². The van der Waals surface area contributed by atoms with Crippen molar-refractivity contribution < 1.29 is 23.7 Å². The molecule has 1 aromatic rings. The monoisotopic (exact) mass is 294 g/mol. The summed E-state index contributed by atoms with van der Waals surface area (Å²) in [6.45, 7) is 6.05. The molecule has 0 saturated carbocycles. The lowest BCUT2D eigenvalue weighted by Gasteiger charge is -2.23. The Hall–Kier alpha value is -1.43. The van der Waals surface area contributed by atoms with E-state index in [2.05, 4.69) is 0 Å². The molecule has 0 unspecified atom stereocenters. The van der Waals surface area contributed by atoms with Crippen LogP contribution in [0.5, 0.6) is 0 Å². The van der Waals surface area contributed by atoms with Gasteiger partial charge in [-0.3, -0.25) is 4.79 Å². The molecule has 5 nitrogen and oxygen atoms in total. The maximum atomic E-state index is 11.2. The molecule has 0 bridgehead atoms. The Morgan fingerprint density at radius 1 is 1.19 bits per heavy atom. The molecule has 0 aromatic heterocycles. The molecule has 1 aromatic carbocycles. The Bertz CT molecular complexity index is 457. The van der Waals surface area contributed by atoms with Crippen LogP contribution in [0.3, 0.4) is 0 Å². The summed E-state index contributed by atoms with van der Waals surface area (Å²) in [5.41, 5.74) is 1.06. The molecule has 2 atom stereocenters. The second-order valence-corrected chi connectivity index (χ2v) is 5.50. The van der Waals surface area contributed by atoms with Gasteiger partial charge in [-0.15, -0.1) is 0 Å². The van der Waals surface area contributed by atoms with E-state index in [1.165, 1.54) is 6.92 Å². The van der Waals surface area contributed by atoms with E-state index in [0.717, 1.165) is 5.56 Å². The van der Waals surface area contributed by atoms with Crippen LogP contribution in [-0.2, 0) is 30.3 Å². The van der Waals surface area contributed by atoms with Gasteiger partial charge in [0.05, 0.1) is 19.8 Å².